The molecule has 0 saturated heterocycles. The number of hydrogen-bond donors (Lipinski definition) is 0. The van der Waals surface area contributed by atoms with Gasteiger partial charge in [-0.3, -0.25) is 0 Å². The van der Waals surface area contributed by atoms with Crippen LogP contribution in [0.3, 0.4) is 0 Å². The van der Waals surface area contributed by atoms with E-state index in [-0.39, 0.29) is 15.5 Å². The molecule has 0 spiro atoms. The molecule has 164 valence electrons. The van der Waals surface area contributed by atoms with E-state index in [2.05, 4.69) is 5.10 Å². The molecule has 2 aromatic carbocycles. The average Bonchev–Trinajstić information content (AvgIpc) is 2.99. The van der Waals surface area contributed by atoms with Crippen molar-refractivity contribution in [2.45, 2.75) is 49.9 Å². The number of ether oxygens (including phenoxy) is 1. The first-order chi connectivity index (χ1) is 14.3. The van der Waals surface area contributed by atoms with Gasteiger partial charge in [0.25, 0.3) is 0 Å². The highest BCUT2D eigenvalue weighted by Gasteiger charge is 2.35. The molecule has 0 fully saturated rings. The van der Waals surface area contributed by atoms with Crippen LogP contribution in [0.2, 0.25) is 0 Å². The summed E-state index contributed by atoms with van der Waals surface area (Å²) in [6, 6.07) is 9.07. The second kappa shape index (κ2) is 7.88. The molecule has 0 aliphatic heterocycles. The molecular weight excluding hydrogens is 426 g/mol. The molecule has 1 heterocycles. The van der Waals surface area contributed by atoms with Gasteiger partial charge in [0, 0.05) is 0 Å². The third kappa shape index (κ3) is 4.23. The number of hydrogen-bond acceptors (Lipinski definition) is 5. The predicted molar refractivity (Wildman–Crippen MR) is 110 cm³/mol. The standard InChI is InChI=1S/C22H22F2N2O4S/c1-13-9-11-15(12-10-13)31(28,29)19-14(2)25-26(22(3,4)5)20(19)30-21(27)18-16(23)7-6-8-17(18)24/h6-12H,1-5H3. The van der Waals surface area contributed by atoms with Crippen molar-refractivity contribution in [1.82, 2.24) is 9.78 Å². The first-order valence-corrected chi connectivity index (χ1v) is 10.9. The maximum atomic E-state index is 14.1. The fourth-order valence-electron chi connectivity index (χ4n) is 3.01. The van der Waals surface area contributed by atoms with E-state index in [4.69, 9.17) is 4.74 Å². The highest BCUT2D eigenvalue weighted by molar-refractivity contribution is 7.91. The fraction of sp³-hybridized carbons (Fsp3) is 0.273. The van der Waals surface area contributed by atoms with Crippen molar-refractivity contribution in [2.75, 3.05) is 0 Å². The maximum absolute atomic E-state index is 14.1. The highest BCUT2D eigenvalue weighted by Crippen LogP contribution is 2.36. The van der Waals surface area contributed by atoms with E-state index in [1.54, 1.807) is 32.9 Å². The molecule has 0 unspecified atom stereocenters. The second-order valence-electron chi connectivity index (χ2n) is 8.10. The lowest BCUT2D eigenvalue weighted by molar-refractivity contribution is 0.0693. The van der Waals surface area contributed by atoms with Crippen LogP contribution in [0.25, 0.3) is 0 Å². The van der Waals surface area contributed by atoms with E-state index < -0.39 is 44.4 Å². The summed E-state index contributed by atoms with van der Waals surface area (Å²) >= 11 is 0. The quantitative estimate of drug-likeness (QED) is 0.546. The molecule has 1 aromatic heterocycles. The molecule has 0 N–H and O–H groups in total. The van der Waals surface area contributed by atoms with Crippen LogP contribution in [-0.4, -0.2) is 24.2 Å². The largest absolute Gasteiger partial charge is 0.402 e. The van der Waals surface area contributed by atoms with Gasteiger partial charge in [-0.2, -0.15) is 5.10 Å². The van der Waals surface area contributed by atoms with Crippen LogP contribution < -0.4 is 4.74 Å². The fourth-order valence-corrected chi connectivity index (χ4v) is 4.53. The highest BCUT2D eigenvalue weighted by atomic mass is 32.2. The lowest BCUT2D eigenvalue weighted by Gasteiger charge is -2.22. The zero-order valence-corrected chi connectivity index (χ0v) is 18.5. The first-order valence-electron chi connectivity index (χ1n) is 9.42. The summed E-state index contributed by atoms with van der Waals surface area (Å²) in [7, 11) is -4.15. The molecule has 0 saturated carbocycles. The number of benzene rings is 2. The van der Waals surface area contributed by atoms with Gasteiger partial charge in [-0.25, -0.2) is 26.7 Å². The SMILES string of the molecule is Cc1ccc(S(=O)(=O)c2c(C)nn(C(C)(C)C)c2OC(=O)c2c(F)cccc2F)cc1. The number of sulfone groups is 1. The lowest BCUT2D eigenvalue weighted by Crippen LogP contribution is -2.26. The van der Waals surface area contributed by atoms with E-state index >= 15 is 0 Å². The van der Waals surface area contributed by atoms with Gasteiger partial charge in [0.05, 0.1) is 16.1 Å². The summed E-state index contributed by atoms with van der Waals surface area (Å²) in [4.78, 5) is 12.3. The molecule has 0 aliphatic carbocycles. The van der Waals surface area contributed by atoms with Gasteiger partial charge in [-0.1, -0.05) is 23.8 Å². The Hall–Kier alpha value is -3.07. The van der Waals surface area contributed by atoms with Crippen LogP contribution in [0.15, 0.2) is 52.3 Å². The van der Waals surface area contributed by atoms with Gasteiger partial charge in [-0.05, 0) is 58.9 Å². The molecule has 0 atom stereocenters. The van der Waals surface area contributed by atoms with Crippen LogP contribution in [0.5, 0.6) is 5.88 Å². The Balaban J connectivity index is 2.21. The van der Waals surface area contributed by atoms with Gasteiger partial charge in [0.15, 0.2) is 4.90 Å². The molecule has 0 bridgehead atoms. The predicted octanol–water partition coefficient (Wildman–Crippen LogP) is 4.59. The molecular formula is C22H22F2N2O4S. The van der Waals surface area contributed by atoms with Crippen molar-refractivity contribution in [3.05, 3.63) is 70.9 Å². The Morgan fingerprint density at radius 3 is 2.06 bits per heavy atom. The van der Waals surface area contributed by atoms with Crippen LogP contribution in [-0.2, 0) is 15.4 Å². The molecule has 3 rings (SSSR count). The number of nitrogens with zero attached hydrogens (tertiary/aromatic N) is 2. The Morgan fingerprint density at radius 1 is 1.00 bits per heavy atom. The molecule has 9 heteroatoms. The molecule has 0 radical (unpaired) electrons. The van der Waals surface area contributed by atoms with E-state index in [0.717, 1.165) is 23.8 Å². The minimum absolute atomic E-state index is 0.0240. The Kier molecular flexibility index (Phi) is 5.75. The maximum Gasteiger partial charge on any atom is 0.350 e. The zero-order valence-electron chi connectivity index (χ0n) is 17.7. The Morgan fingerprint density at radius 2 is 1.55 bits per heavy atom. The minimum Gasteiger partial charge on any atom is -0.402 e. The van der Waals surface area contributed by atoms with Gasteiger partial charge >= 0.3 is 5.97 Å². The lowest BCUT2D eigenvalue weighted by atomic mass is 10.1. The number of esters is 1. The van der Waals surface area contributed by atoms with Gasteiger partial charge in [0.2, 0.25) is 15.7 Å². The number of halogens is 2. The average molecular weight is 448 g/mol. The molecule has 31 heavy (non-hydrogen) atoms. The number of carbonyl (C=O) groups excluding carboxylic acids is 1. The summed E-state index contributed by atoms with van der Waals surface area (Å²) in [5, 5.41) is 4.26. The van der Waals surface area contributed by atoms with Crippen molar-refractivity contribution in [1.29, 1.82) is 0 Å². The number of carbonyl (C=O) groups is 1. The van der Waals surface area contributed by atoms with Crippen LogP contribution >= 0.6 is 0 Å². The zero-order chi connectivity index (χ0) is 23.1. The van der Waals surface area contributed by atoms with Crippen LogP contribution in [0.1, 0.15) is 42.4 Å². The third-order valence-electron chi connectivity index (χ3n) is 4.56. The van der Waals surface area contributed by atoms with E-state index in [1.165, 1.54) is 23.7 Å². The summed E-state index contributed by atoms with van der Waals surface area (Å²) in [6.45, 7) is 8.45. The van der Waals surface area contributed by atoms with Crippen molar-refractivity contribution < 1.29 is 26.7 Å². The van der Waals surface area contributed by atoms with Crippen LogP contribution in [0, 0.1) is 25.5 Å². The molecule has 3 aromatic rings. The number of aryl methyl sites for hydroxylation is 2. The molecule has 0 amide bonds. The van der Waals surface area contributed by atoms with E-state index in [0.29, 0.717) is 0 Å². The smallest absolute Gasteiger partial charge is 0.350 e. The van der Waals surface area contributed by atoms with Gasteiger partial charge in [0.1, 0.15) is 17.2 Å². The van der Waals surface area contributed by atoms with Crippen molar-refractivity contribution in [3.63, 3.8) is 0 Å². The normalized spacial score (nSPS) is 12.1. The minimum atomic E-state index is -4.15. The summed E-state index contributed by atoms with van der Waals surface area (Å²) in [5.41, 5.74) is -0.759. The van der Waals surface area contributed by atoms with Crippen molar-refractivity contribution >= 4 is 15.8 Å². The topological polar surface area (TPSA) is 78.3 Å². The van der Waals surface area contributed by atoms with Crippen molar-refractivity contribution in [2.24, 2.45) is 0 Å². The molecule has 0 aliphatic rings. The Labute approximate surface area is 179 Å². The summed E-state index contributed by atoms with van der Waals surface area (Å²) < 4.78 is 61.5. The Bertz CT molecular complexity index is 1240. The first kappa shape index (κ1) is 22.6. The summed E-state index contributed by atoms with van der Waals surface area (Å²) in [6.07, 6.45) is 0. The third-order valence-corrected chi connectivity index (χ3v) is 6.46. The van der Waals surface area contributed by atoms with E-state index in [9.17, 15) is 22.0 Å². The van der Waals surface area contributed by atoms with Crippen LogP contribution in [0.4, 0.5) is 8.78 Å². The van der Waals surface area contributed by atoms with Crippen molar-refractivity contribution in [3.8, 4) is 5.88 Å². The second-order valence-corrected chi connectivity index (χ2v) is 9.99. The number of aromatic nitrogens is 2. The van der Waals surface area contributed by atoms with Gasteiger partial charge in [-0.15, -0.1) is 0 Å². The monoisotopic (exact) mass is 448 g/mol. The molecule has 6 nitrogen and oxygen atoms in total. The summed E-state index contributed by atoms with van der Waals surface area (Å²) in [5.74, 6) is -4.00. The number of rotatable bonds is 4. The van der Waals surface area contributed by atoms with Gasteiger partial charge < -0.3 is 4.74 Å². The van der Waals surface area contributed by atoms with E-state index in [1.807, 2.05) is 6.92 Å².